The van der Waals surface area contributed by atoms with Crippen LogP contribution in [0.25, 0.3) is 16.8 Å². The van der Waals surface area contributed by atoms with Crippen molar-refractivity contribution in [1.29, 1.82) is 0 Å². The first-order valence-electron chi connectivity index (χ1n) is 9.51. The third kappa shape index (κ3) is 3.85. The summed E-state index contributed by atoms with van der Waals surface area (Å²) < 4.78 is 7.03. The van der Waals surface area contributed by atoms with Crippen LogP contribution in [0.3, 0.4) is 0 Å². The van der Waals surface area contributed by atoms with E-state index in [1.807, 2.05) is 48.2 Å². The van der Waals surface area contributed by atoms with Crippen LogP contribution in [-0.2, 0) is 16.1 Å². The molecule has 4 rings (SSSR count). The van der Waals surface area contributed by atoms with Gasteiger partial charge in [0.15, 0.2) is 5.65 Å². The lowest BCUT2D eigenvalue weighted by molar-refractivity contribution is -0.150. The Bertz CT molecular complexity index is 922. The number of nitrogens with zero attached hydrogens (tertiary/aromatic N) is 4. The minimum atomic E-state index is -0.0737. The quantitative estimate of drug-likeness (QED) is 0.651. The summed E-state index contributed by atoms with van der Waals surface area (Å²) >= 11 is 0. The van der Waals surface area contributed by atoms with E-state index in [2.05, 4.69) is 27.1 Å². The van der Waals surface area contributed by atoms with Crippen LogP contribution in [0.5, 0.6) is 0 Å². The monoisotopic (exact) mass is 364 g/mol. The number of aromatic nitrogens is 3. The van der Waals surface area contributed by atoms with Crippen molar-refractivity contribution >= 4 is 11.6 Å². The van der Waals surface area contributed by atoms with Crippen LogP contribution in [-0.4, -0.2) is 45.2 Å². The highest BCUT2D eigenvalue weighted by atomic mass is 16.5. The molecule has 3 aromatic rings. The van der Waals surface area contributed by atoms with Gasteiger partial charge in [0.05, 0.1) is 18.7 Å². The van der Waals surface area contributed by atoms with Gasteiger partial charge >= 0.3 is 5.97 Å². The number of hydrogen-bond acceptors (Lipinski definition) is 5. The predicted molar refractivity (Wildman–Crippen MR) is 103 cm³/mol. The van der Waals surface area contributed by atoms with Gasteiger partial charge in [-0.25, -0.2) is 9.50 Å². The van der Waals surface area contributed by atoms with Crippen LogP contribution in [0.2, 0.25) is 0 Å². The first-order chi connectivity index (χ1) is 13.2. The van der Waals surface area contributed by atoms with Gasteiger partial charge in [0.2, 0.25) is 0 Å². The van der Waals surface area contributed by atoms with Gasteiger partial charge in [0.25, 0.3) is 0 Å². The van der Waals surface area contributed by atoms with E-state index < -0.39 is 0 Å². The number of fused-ring (bicyclic) bond motifs is 1. The standard InChI is InChI=1S/C21H24N4O2/c1-2-27-21(26)18-9-6-10-24(15-18)13-16-11-22-20-19(12-23-25(20)14-16)17-7-4-3-5-8-17/h3-5,7-8,11-12,14,18H,2,6,9-10,13,15H2,1H3/t18-/m0/s1. The van der Waals surface area contributed by atoms with Crippen LogP contribution in [0.1, 0.15) is 25.3 Å². The fourth-order valence-corrected chi connectivity index (χ4v) is 3.73. The molecular formula is C21H24N4O2. The van der Waals surface area contributed by atoms with Crippen LogP contribution in [0.4, 0.5) is 0 Å². The molecule has 6 heteroatoms. The van der Waals surface area contributed by atoms with Crippen molar-refractivity contribution in [3.63, 3.8) is 0 Å². The molecule has 3 heterocycles. The molecule has 0 spiro atoms. The van der Waals surface area contributed by atoms with Gasteiger partial charge in [0, 0.05) is 36.6 Å². The highest BCUT2D eigenvalue weighted by Gasteiger charge is 2.26. The van der Waals surface area contributed by atoms with Gasteiger partial charge in [-0.2, -0.15) is 5.10 Å². The number of likely N-dealkylation sites (tertiary alicyclic amines) is 1. The third-order valence-electron chi connectivity index (χ3n) is 5.03. The van der Waals surface area contributed by atoms with Crippen molar-refractivity contribution in [2.75, 3.05) is 19.7 Å². The summed E-state index contributed by atoms with van der Waals surface area (Å²) in [5.74, 6) is -0.0971. The Morgan fingerprint density at radius 3 is 2.93 bits per heavy atom. The Morgan fingerprint density at radius 2 is 2.11 bits per heavy atom. The smallest absolute Gasteiger partial charge is 0.310 e. The third-order valence-corrected chi connectivity index (χ3v) is 5.03. The molecule has 6 nitrogen and oxygen atoms in total. The zero-order valence-corrected chi connectivity index (χ0v) is 15.5. The maximum Gasteiger partial charge on any atom is 0.310 e. The Hall–Kier alpha value is -2.73. The molecule has 2 aromatic heterocycles. The number of hydrogen-bond donors (Lipinski definition) is 0. The van der Waals surface area contributed by atoms with E-state index in [9.17, 15) is 4.79 Å². The van der Waals surface area contributed by atoms with Crippen molar-refractivity contribution in [3.8, 4) is 11.1 Å². The number of rotatable bonds is 5. The summed E-state index contributed by atoms with van der Waals surface area (Å²) in [7, 11) is 0. The average molecular weight is 364 g/mol. The molecule has 0 radical (unpaired) electrons. The summed E-state index contributed by atoms with van der Waals surface area (Å²) in [6.07, 6.45) is 7.73. The second-order valence-corrected chi connectivity index (χ2v) is 6.98. The second kappa shape index (κ2) is 7.88. The van der Waals surface area contributed by atoms with Crippen LogP contribution >= 0.6 is 0 Å². The minimum absolute atomic E-state index is 0.0234. The fraction of sp³-hybridized carbons (Fsp3) is 0.381. The van der Waals surface area contributed by atoms with Gasteiger partial charge in [-0.3, -0.25) is 9.69 Å². The largest absolute Gasteiger partial charge is 0.466 e. The molecule has 0 bridgehead atoms. The first-order valence-corrected chi connectivity index (χ1v) is 9.51. The van der Waals surface area contributed by atoms with Gasteiger partial charge in [-0.15, -0.1) is 0 Å². The number of benzene rings is 1. The van der Waals surface area contributed by atoms with Crippen molar-refractivity contribution in [1.82, 2.24) is 19.5 Å². The highest BCUT2D eigenvalue weighted by molar-refractivity contribution is 5.76. The number of esters is 1. The zero-order valence-electron chi connectivity index (χ0n) is 15.5. The maximum atomic E-state index is 12.0. The molecule has 1 saturated heterocycles. The lowest BCUT2D eigenvalue weighted by Gasteiger charge is -2.31. The van der Waals surface area contributed by atoms with E-state index in [1.165, 1.54) is 0 Å². The fourth-order valence-electron chi connectivity index (χ4n) is 3.73. The van der Waals surface area contributed by atoms with Crippen LogP contribution in [0, 0.1) is 5.92 Å². The molecule has 0 N–H and O–H groups in total. The molecule has 1 aliphatic heterocycles. The predicted octanol–water partition coefficient (Wildman–Crippen LogP) is 3.17. The van der Waals surface area contributed by atoms with Crippen molar-refractivity contribution in [2.45, 2.75) is 26.3 Å². The van der Waals surface area contributed by atoms with Crippen LogP contribution in [0.15, 0.2) is 48.9 Å². The minimum Gasteiger partial charge on any atom is -0.466 e. The molecule has 1 aliphatic rings. The van der Waals surface area contributed by atoms with Crippen LogP contribution < -0.4 is 0 Å². The van der Waals surface area contributed by atoms with Gasteiger partial charge in [-0.05, 0) is 31.9 Å². The molecule has 0 unspecified atom stereocenters. The number of piperidine rings is 1. The normalized spacial score (nSPS) is 17.9. The maximum absolute atomic E-state index is 12.0. The Morgan fingerprint density at radius 1 is 1.26 bits per heavy atom. The number of carbonyl (C=O) groups excluding carboxylic acids is 1. The molecule has 0 aliphatic carbocycles. The van der Waals surface area contributed by atoms with Crippen molar-refractivity contribution < 1.29 is 9.53 Å². The first kappa shape index (κ1) is 17.7. The summed E-state index contributed by atoms with van der Waals surface area (Å²) in [4.78, 5) is 19.0. The SMILES string of the molecule is CCOC(=O)[C@H]1CCCN(Cc2cnc3c(-c4ccccc4)cnn3c2)C1. The average Bonchev–Trinajstić information content (AvgIpc) is 3.12. The molecule has 0 saturated carbocycles. The van der Waals surface area contributed by atoms with E-state index in [-0.39, 0.29) is 11.9 Å². The number of carbonyl (C=O) groups is 1. The lowest BCUT2D eigenvalue weighted by Crippen LogP contribution is -2.39. The topological polar surface area (TPSA) is 59.7 Å². The highest BCUT2D eigenvalue weighted by Crippen LogP contribution is 2.24. The van der Waals surface area contributed by atoms with Gasteiger partial charge < -0.3 is 4.74 Å². The Balaban J connectivity index is 1.49. The summed E-state index contributed by atoms with van der Waals surface area (Å²) in [6.45, 7) is 4.79. The Kier molecular flexibility index (Phi) is 5.16. The summed E-state index contributed by atoms with van der Waals surface area (Å²) in [5.41, 5.74) is 4.09. The molecule has 1 aromatic carbocycles. The zero-order chi connectivity index (χ0) is 18.6. The molecular weight excluding hydrogens is 340 g/mol. The number of ether oxygens (including phenoxy) is 1. The molecule has 140 valence electrons. The summed E-state index contributed by atoms with van der Waals surface area (Å²) in [6, 6.07) is 10.2. The Labute approximate surface area is 158 Å². The van der Waals surface area contributed by atoms with E-state index in [1.54, 1.807) is 0 Å². The van der Waals surface area contributed by atoms with E-state index >= 15 is 0 Å². The van der Waals surface area contributed by atoms with Gasteiger partial charge in [-0.1, -0.05) is 30.3 Å². The second-order valence-electron chi connectivity index (χ2n) is 6.98. The van der Waals surface area contributed by atoms with Crippen molar-refractivity contribution in [3.05, 3.63) is 54.5 Å². The van der Waals surface area contributed by atoms with E-state index in [0.717, 1.165) is 54.8 Å². The van der Waals surface area contributed by atoms with Crippen molar-refractivity contribution in [2.24, 2.45) is 5.92 Å². The summed E-state index contributed by atoms with van der Waals surface area (Å²) in [5, 5.41) is 4.48. The molecule has 1 fully saturated rings. The molecule has 1 atom stereocenters. The molecule has 0 amide bonds. The van der Waals surface area contributed by atoms with E-state index in [4.69, 9.17) is 4.74 Å². The van der Waals surface area contributed by atoms with E-state index in [0.29, 0.717) is 6.61 Å². The molecule has 27 heavy (non-hydrogen) atoms. The lowest BCUT2D eigenvalue weighted by atomic mass is 9.98. The van der Waals surface area contributed by atoms with Gasteiger partial charge in [0.1, 0.15) is 0 Å².